The van der Waals surface area contributed by atoms with Crippen molar-refractivity contribution in [2.45, 2.75) is 37.3 Å². The van der Waals surface area contributed by atoms with Crippen LogP contribution in [0, 0.1) is 0 Å². The number of nitrogens with one attached hydrogen (secondary N) is 1. The van der Waals surface area contributed by atoms with Crippen molar-refractivity contribution >= 4 is 22.8 Å². The quantitative estimate of drug-likeness (QED) is 0.696. The van der Waals surface area contributed by atoms with Gasteiger partial charge in [0.25, 0.3) is 0 Å². The van der Waals surface area contributed by atoms with Crippen LogP contribution in [0.1, 0.15) is 18.4 Å². The molecule has 1 spiro atoms. The topological polar surface area (TPSA) is 95.1 Å². The van der Waals surface area contributed by atoms with Crippen molar-refractivity contribution in [3.63, 3.8) is 0 Å². The molecule has 1 amide bonds. The molecule has 2 N–H and O–H groups in total. The number of H-pyrrole nitrogens is 1. The number of hydrogen-bond acceptors (Lipinski definition) is 5. The summed E-state index contributed by atoms with van der Waals surface area (Å²) in [6.07, 6.45) is -1.24. The van der Waals surface area contributed by atoms with Crippen LogP contribution in [-0.2, 0) is 25.6 Å². The number of likely N-dealkylation sites (tertiary alicyclic amines) is 1. The number of rotatable bonds is 5. The van der Waals surface area contributed by atoms with E-state index in [9.17, 15) is 18.0 Å². The smallest absolute Gasteiger partial charge is 0.475 e. The first kappa shape index (κ1) is 25.0. The number of aromatic amines is 1. The molecule has 8 nitrogen and oxygen atoms in total. The number of likely N-dealkylation sites (N-methyl/N-ethyl adjacent to an activating group) is 1. The second kappa shape index (κ2) is 10.1. The van der Waals surface area contributed by atoms with E-state index in [1.807, 2.05) is 6.20 Å². The van der Waals surface area contributed by atoms with E-state index in [0.29, 0.717) is 6.61 Å². The highest BCUT2D eigenvalue weighted by atomic mass is 19.4. The summed E-state index contributed by atoms with van der Waals surface area (Å²) in [5.74, 6) is -2.74. The molecule has 182 valence electrons. The summed E-state index contributed by atoms with van der Waals surface area (Å²) in [7, 11) is 3.51. The maximum absolute atomic E-state index is 11.7. The highest BCUT2D eigenvalue weighted by Crippen LogP contribution is 2.36. The molecular weight excluding hydrogens is 443 g/mol. The van der Waals surface area contributed by atoms with Crippen LogP contribution >= 0.6 is 0 Å². The van der Waals surface area contributed by atoms with Crippen LogP contribution in [0.3, 0.4) is 0 Å². The molecule has 1 aromatic carbocycles. The molecule has 1 unspecified atom stereocenters. The predicted octanol–water partition coefficient (Wildman–Crippen LogP) is 2.64. The van der Waals surface area contributed by atoms with Crippen molar-refractivity contribution in [2.75, 3.05) is 40.4 Å². The molecule has 2 aromatic rings. The lowest BCUT2D eigenvalue weighted by atomic mass is 9.84. The molecule has 2 aliphatic rings. The lowest BCUT2D eigenvalue weighted by Gasteiger charge is -2.53. The Kier molecular flexibility index (Phi) is 7.65. The summed E-state index contributed by atoms with van der Waals surface area (Å²) < 4.78 is 43.7. The normalized spacial score (nSPS) is 20.1. The number of carbonyl (C=O) groups excluding carboxylic acids is 1. The molecule has 1 aromatic heterocycles. The van der Waals surface area contributed by atoms with E-state index in [0.717, 1.165) is 32.5 Å². The zero-order valence-corrected chi connectivity index (χ0v) is 18.5. The highest BCUT2D eigenvalue weighted by Gasteiger charge is 2.47. The van der Waals surface area contributed by atoms with Crippen LogP contribution in [0.15, 0.2) is 30.5 Å². The SMILES string of the molecule is CN(C)C(=O)COC1CCOC2(C1)CN(Cc1cccc3[nH]ccc13)C2.O=C(O)C(F)(F)F. The number of ether oxygens (including phenoxy) is 2. The van der Waals surface area contributed by atoms with Gasteiger partial charge < -0.3 is 24.5 Å². The van der Waals surface area contributed by atoms with Crippen molar-refractivity contribution in [1.82, 2.24) is 14.8 Å². The largest absolute Gasteiger partial charge is 0.490 e. The predicted molar refractivity (Wildman–Crippen MR) is 114 cm³/mol. The molecule has 4 rings (SSSR count). The van der Waals surface area contributed by atoms with Crippen molar-refractivity contribution in [3.05, 3.63) is 36.0 Å². The Morgan fingerprint density at radius 3 is 2.64 bits per heavy atom. The summed E-state index contributed by atoms with van der Waals surface area (Å²) >= 11 is 0. The fourth-order valence-electron chi connectivity index (χ4n) is 4.07. The van der Waals surface area contributed by atoms with Gasteiger partial charge in [-0.15, -0.1) is 0 Å². The number of alkyl halides is 3. The molecule has 0 saturated carbocycles. The summed E-state index contributed by atoms with van der Waals surface area (Å²) in [4.78, 5) is 27.9. The van der Waals surface area contributed by atoms with Crippen LogP contribution in [0.2, 0.25) is 0 Å². The van der Waals surface area contributed by atoms with Gasteiger partial charge in [-0.1, -0.05) is 12.1 Å². The van der Waals surface area contributed by atoms with Gasteiger partial charge in [0.05, 0.1) is 11.7 Å². The zero-order chi connectivity index (χ0) is 24.2. The van der Waals surface area contributed by atoms with Crippen LogP contribution in [0.25, 0.3) is 10.9 Å². The van der Waals surface area contributed by atoms with E-state index in [4.69, 9.17) is 19.4 Å². The molecule has 1 atom stereocenters. The number of aliphatic carboxylic acids is 1. The van der Waals surface area contributed by atoms with Crippen LogP contribution in [0.4, 0.5) is 13.2 Å². The first-order chi connectivity index (χ1) is 15.5. The Labute approximate surface area is 189 Å². The molecule has 11 heteroatoms. The number of carboxylic acid groups (broad SMARTS) is 1. The Hall–Kier alpha value is -2.63. The van der Waals surface area contributed by atoms with Gasteiger partial charge in [-0.2, -0.15) is 13.2 Å². The lowest BCUT2D eigenvalue weighted by molar-refractivity contribution is -0.199. The van der Waals surface area contributed by atoms with Crippen molar-refractivity contribution in [2.24, 2.45) is 0 Å². The number of carbonyl (C=O) groups is 2. The van der Waals surface area contributed by atoms with Gasteiger partial charge in [-0.25, -0.2) is 4.79 Å². The van der Waals surface area contributed by atoms with Gasteiger partial charge in [-0.3, -0.25) is 9.69 Å². The minimum atomic E-state index is -5.08. The lowest BCUT2D eigenvalue weighted by Crippen LogP contribution is -2.65. The third-order valence-electron chi connectivity index (χ3n) is 5.73. The van der Waals surface area contributed by atoms with Gasteiger partial charge in [0.1, 0.15) is 6.61 Å². The maximum Gasteiger partial charge on any atom is 0.490 e. The van der Waals surface area contributed by atoms with Crippen LogP contribution in [0.5, 0.6) is 0 Å². The van der Waals surface area contributed by atoms with Gasteiger partial charge in [0, 0.05) is 63.9 Å². The minimum Gasteiger partial charge on any atom is -0.475 e. The summed E-state index contributed by atoms with van der Waals surface area (Å²) in [6.45, 7) is 3.66. The molecule has 0 aliphatic carbocycles. The van der Waals surface area contributed by atoms with Gasteiger partial charge in [-0.05, 0) is 24.1 Å². The molecule has 33 heavy (non-hydrogen) atoms. The van der Waals surface area contributed by atoms with Crippen molar-refractivity contribution in [1.29, 1.82) is 0 Å². The first-order valence-corrected chi connectivity index (χ1v) is 10.5. The van der Waals surface area contributed by atoms with E-state index < -0.39 is 12.1 Å². The van der Waals surface area contributed by atoms with Gasteiger partial charge in [0.2, 0.25) is 5.91 Å². The van der Waals surface area contributed by atoms with Gasteiger partial charge >= 0.3 is 12.1 Å². The number of amides is 1. The molecule has 0 radical (unpaired) electrons. The van der Waals surface area contributed by atoms with Crippen molar-refractivity contribution in [3.8, 4) is 0 Å². The number of carboxylic acids is 1. The number of halogens is 3. The zero-order valence-electron chi connectivity index (χ0n) is 18.5. The van der Waals surface area contributed by atoms with Gasteiger partial charge in [0.15, 0.2) is 0 Å². The number of benzene rings is 1. The average molecular weight is 471 g/mol. The Morgan fingerprint density at radius 2 is 2.00 bits per heavy atom. The number of nitrogens with zero attached hydrogens (tertiary/aromatic N) is 2. The first-order valence-electron chi connectivity index (χ1n) is 10.5. The van der Waals surface area contributed by atoms with E-state index >= 15 is 0 Å². The van der Waals surface area contributed by atoms with Crippen LogP contribution in [-0.4, -0.2) is 90.0 Å². The average Bonchev–Trinajstić information content (AvgIpc) is 3.21. The van der Waals surface area contributed by atoms with E-state index in [-0.39, 0.29) is 24.2 Å². The Balaban J connectivity index is 0.000000383. The molecule has 2 aliphatic heterocycles. The third-order valence-corrected chi connectivity index (χ3v) is 5.73. The maximum atomic E-state index is 11.7. The number of hydrogen-bond donors (Lipinski definition) is 2. The van der Waals surface area contributed by atoms with E-state index in [1.54, 1.807) is 19.0 Å². The number of fused-ring (bicyclic) bond motifs is 1. The molecule has 2 saturated heterocycles. The molecule has 3 heterocycles. The van der Waals surface area contributed by atoms with Crippen LogP contribution < -0.4 is 0 Å². The third kappa shape index (κ3) is 6.46. The standard InChI is InChI=1S/C20H27N3O3.C2HF3O2/c1-22(2)19(24)12-25-16-7-9-26-20(10-16)13-23(14-20)11-15-4-3-5-18-17(15)6-8-21-18;3-2(4,5)1(6)7/h3-6,8,16,21H,7,9-14H2,1-2H3;(H,6,7). The van der Waals surface area contributed by atoms with E-state index in [1.165, 1.54) is 16.5 Å². The summed E-state index contributed by atoms with van der Waals surface area (Å²) in [5.41, 5.74) is 2.43. The van der Waals surface area contributed by atoms with E-state index in [2.05, 4.69) is 34.1 Å². The summed E-state index contributed by atoms with van der Waals surface area (Å²) in [6, 6.07) is 8.55. The number of aromatic nitrogens is 1. The fourth-order valence-corrected chi connectivity index (χ4v) is 4.07. The molecule has 2 fully saturated rings. The Morgan fingerprint density at radius 1 is 1.30 bits per heavy atom. The Bertz CT molecular complexity index is 970. The minimum absolute atomic E-state index is 0.0142. The molecule has 0 bridgehead atoms. The second-order valence-corrected chi connectivity index (χ2v) is 8.55. The second-order valence-electron chi connectivity index (χ2n) is 8.55. The highest BCUT2D eigenvalue weighted by molar-refractivity contribution is 5.82. The summed E-state index contributed by atoms with van der Waals surface area (Å²) in [5, 5.41) is 8.42. The van der Waals surface area contributed by atoms with Crippen molar-refractivity contribution < 1.29 is 37.3 Å². The fraction of sp³-hybridized carbons (Fsp3) is 0.545. The molecular formula is C22H28F3N3O5. The monoisotopic (exact) mass is 471 g/mol.